The first-order valence-electron chi connectivity index (χ1n) is 11.9. The molecule has 7 heteroatoms. The molecule has 0 bridgehead atoms. The normalized spacial score (nSPS) is 15.0. The first kappa shape index (κ1) is 24.3. The van der Waals surface area contributed by atoms with E-state index in [-0.39, 0.29) is 11.9 Å². The van der Waals surface area contributed by atoms with Crippen molar-refractivity contribution < 1.29 is 9.53 Å². The van der Waals surface area contributed by atoms with Crippen molar-refractivity contribution in [1.29, 1.82) is 0 Å². The molecular formula is C30H25ClN4O2. The van der Waals surface area contributed by atoms with Crippen LogP contribution in [-0.4, -0.2) is 24.9 Å². The number of nitrogens with zero attached hydrogens (tertiary/aromatic N) is 3. The predicted molar refractivity (Wildman–Crippen MR) is 149 cm³/mol. The highest BCUT2D eigenvalue weighted by atomic mass is 35.5. The first-order chi connectivity index (χ1) is 18.1. The Bertz CT molecular complexity index is 1430. The minimum atomic E-state index is -0.361. The van der Waals surface area contributed by atoms with Gasteiger partial charge >= 0.3 is 0 Å². The van der Waals surface area contributed by atoms with Crippen LogP contribution < -0.4 is 15.2 Å². The monoisotopic (exact) mass is 508 g/mol. The van der Waals surface area contributed by atoms with Crippen molar-refractivity contribution in [2.75, 3.05) is 12.1 Å². The van der Waals surface area contributed by atoms with E-state index in [1.807, 2.05) is 54.6 Å². The van der Waals surface area contributed by atoms with Gasteiger partial charge < -0.3 is 4.74 Å². The molecule has 1 aliphatic heterocycles. The zero-order chi connectivity index (χ0) is 25.6. The molecule has 1 unspecified atom stereocenters. The molecule has 0 spiro atoms. The lowest BCUT2D eigenvalue weighted by Crippen LogP contribution is -2.18. The molecule has 4 aromatic carbocycles. The second-order valence-electron chi connectivity index (χ2n) is 8.52. The van der Waals surface area contributed by atoms with E-state index >= 15 is 0 Å². The first-order valence-corrected chi connectivity index (χ1v) is 12.2. The summed E-state index contributed by atoms with van der Waals surface area (Å²) in [5, 5.41) is 11.5. The molecule has 0 aromatic heterocycles. The van der Waals surface area contributed by atoms with Gasteiger partial charge in [0.15, 0.2) is 0 Å². The lowest BCUT2D eigenvalue weighted by Gasteiger charge is -2.24. The van der Waals surface area contributed by atoms with Gasteiger partial charge in [0.1, 0.15) is 5.75 Å². The van der Waals surface area contributed by atoms with Crippen LogP contribution in [0.3, 0.4) is 0 Å². The van der Waals surface area contributed by atoms with E-state index in [0.717, 1.165) is 40.3 Å². The number of anilines is 1. The standard InChI is InChI=1S/C30H25ClN4O2/c1-37-25-17-13-23(14-18-25)29-19-28(22-7-3-2-4-8-22)34-35(29)24-15-11-21(12-16-24)20-32-33-30(36)26-9-5-6-10-27(26)31/h2-18,20,29H,19H2,1H3,(H,33,36). The van der Waals surface area contributed by atoms with Crippen molar-refractivity contribution in [2.45, 2.75) is 12.5 Å². The summed E-state index contributed by atoms with van der Waals surface area (Å²) in [6.07, 6.45) is 2.38. The number of hydrogen-bond acceptors (Lipinski definition) is 5. The van der Waals surface area contributed by atoms with Crippen LogP contribution in [0.25, 0.3) is 0 Å². The second kappa shape index (κ2) is 11.1. The van der Waals surface area contributed by atoms with Gasteiger partial charge in [-0.2, -0.15) is 10.2 Å². The molecule has 0 radical (unpaired) electrons. The summed E-state index contributed by atoms with van der Waals surface area (Å²) >= 11 is 6.08. The molecule has 1 heterocycles. The Balaban J connectivity index is 1.35. The number of hydrogen-bond donors (Lipinski definition) is 1. The van der Waals surface area contributed by atoms with Crippen LogP contribution in [0, 0.1) is 0 Å². The number of nitrogens with one attached hydrogen (secondary N) is 1. The Morgan fingerprint density at radius 1 is 0.973 bits per heavy atom. The molecule has 0 saturated carbocycles. The van der Waals surface area contributed by atoms with Crippen molar-refractivity contribution in [1.82, 2.24) is 5.43 Å². The SMILES string of the molecule is COc1ccc(C2CC(c3ccccc3)=NN2c2ccc(C=NNC(=O)c3ccccc3Cl)cc2)cc1. The van der Waals surface area contributed by atoms with Gasteiger partial charge in [-0.05, 0) is 53.1 Å². The fourth-order valence-corrected chi connectivity index (χ4v) is 4.44. The number of halogens is 1. The summed E-state index contributed by atoms with van der Waals surface area (Å²) in [6, 6.07) is 33.2. The molecule has 0 saturated heterocycles. The number of ether oxygens (including phenoxy) is 1. The van der Waals surface area contributed by atoms with Crippen LogP contribution >= 0.6 is 11.6 Å². The molecule has 6 nitrogen and oxygen atoms in total. The maximum absolute atomic E-state index is 12.3. The average molecular weight is 509 g/mol. The molecule has 0 aliphatic carbocycles. The number of methoxy groups -OCH3 is 1. The molecule has 4 aromatic rings. The molecule has 37 heavy (non-hydrogen) atoms. The van der Waals surface area contributed by atoms with Gasteiger partial charge in [-0.25, -0.2) is 5.43 Å². The third-order valence-electron chi connectivity index (χ3n) is 6.17. The van der Waals surface area contributed by atoms with Crippen LogP contribution in [0.1, 0.15) is 39.5 Å². The van der Waals surface area contributed by atoms with Gasteiger partial charge in [-0.3, -0.25) is 9.80 Å². The minimum Gasteiger partial charge on any atom is -0.497 e. The maximum Gasteiger partial charge on any atom is 0.272 e. The number of carbonyl (C=O) groups excluding carboxylic acids is 1. The number of rotatable bonds is 7. The van der Waals surface area contributed by atoms with Gasteiger partial charge in [-0.1, -0.05) is 78.3 Å². The molecule has 184 valence electrons. The van der Waals surface area contributed by atoms with Crippen LogP contribution in [0.15, 0.2) is 113 Å². The fourth-order valence-electron chi connectivity index (χ4n) is 4.22. The number of benzene rings is 4. The largest absolute Gasteiger partial charge is 0.497 e. The van der Waals surface area contributed by atoms with Crippen molar-refractivity contribution >= 4 is 35.1 Å². The van der Waals surface area contributed by atoms with E-state index in [1.54, 1.807) is 37.6 Å². The van der Waals surface area contributed by atoms with E-state index in [0.29, 0.717) is 10.6 Å². The molecule has 1 N–H and O–H groups in total. The molecule has 1 amide bonds. The van der Waals surface area contributed by atoms with Gasteiger partial charge in [0, 0.05) is 6.42 Å². The van der Waals surface area contributed by atoms with E-state index in [9.17, 15) is 4.79 Å². The highest BCUT2D eigenvalue weighted by molar-refractivity contribution is 6.33. The molecule has 1 aliphatic rings. The molecule has 1 atom stereocenters. The average Bonchev–Trinajstić information content (AvgIpc) is 3.40. The second-order valence-corrected chi connectivity index (χ2v) is 8.93. The zero-order valence-corrected chi connectivity index (χ0v) is 21.0. The Morgan fingerprint density at radius 2 is 1.68 bits per heavy atom. The Morgan fingerprint density at radius 3 is 2.38 bits per heavy atom. The summed E-state index contributed by atoms with van der Waals surface area (Å²) in [7, 11) is 1.67. The minimum absolute atomic E-state index is 0.0514. The number of carbonyl (C=O) groups is 1. The molecule has 0 fully saturated rings. The highest BCUT2D eigenvalue weighted by Gasteiger charge is 2.29. The maximum atomic E-state index is 12.3. The summed E-state index contributed by atoms with van der Waals surface area (Å²) < 4.78 is 5.34. The summed E-state index contributed by atoms with van der Waals surface area (Å²) in [5.74, 6) is 0.461. The third-order valence-corrected chi connectivity index (χ3v) is 6.50. The molecule has 5 rings (SSSR count). The van der Waals surface area contributed by atoms with Crippen LogP contribution in [0.5, 0.6) is 5.75 Å². The van der Waals surface area contributed by atoms with Gasteiger partial charge in [0.25, 0.3) is 5.91 Å². The van der Waals surface area contributed by atoms with E-state index in [4.69, 9.17) is 21.4 Å². The quantitative estimate of drug-likeness (QED) is 0.230. The van der Waals surface area contributed by atoms with Crippen molar-refractivity contribution in [3.05, 3.63) is 130 Å². The van der Waals surface area contributed by atoms with E-state index < -0.39 is 0 Å². The van der Waals surface area contributed by atoms with Crippen molar-refractivity contribution in [2.24, 2.45) is 10.2 Å². The Labute approximate surface area is 220 Å². The van der Waals surface area contributed by atoms with Crippen molar-refractivity contribution in [3.63, 3.8) is 0 Å². The Hall–Kier alpha value is -4.42. The topological polar surface area (TPSA) is 66.3 Å². The predicted octanol–water partition coefficient (Wildman–Crippen LogP) is 6.47. The van der Waals surface area contributed by atoms with Gasteiger partial charge in [0.2, 0.25) is 0 Å². The van der Waals surface area contributed by atoms with Gasteiger partial charge in [-0.15, -0.1) is 0 Å². The fraction of sp³-hybridized carbons (Fsp3) is 0.100. The Kier molecular flexibility index (Phi) is 7.28. The summed E-state index contributed by atoms with van der Waals surface area (Å²) in [5.41, 5.74) is 8.01. The van der Waals surface area contributed by atoms with Gasteiger partial charge in [0.05, 0.1) is 41.4 Å². The summed E-state index contributed by atoms with van der Waals surface area (Å²) in [4.78, 5) is 12.3. The van der Waals surface area contributed by atoms with E-state index in [1.165, 1.54) is 0 Å². The van der Waals surface area contributed by atoms with Crippen molar-refractivity contribution in [3.8, 4) is 5.75 Å². The number of amides is 1. The molecular weight excluding hydrogens is 484 g/mol. The smallest absolute Gasteiger partial charge is 0.272 e. The highest BCUT2D eigenvalue weighted by Crippen LogP contribution is 2.37. The van der Waals surface area contributed by atoms with Crippen LogP contribution in [0.2, 0.25) is 5.02 Å². The zero-order valence-electron chi connectivity index (χ0n) is 20.2. The van der Waals surface area contributed by atoms with E-state index in [2.05, 4.69) is 39.8 Å². The van der Waals surface area contributed by atoms with Crippen LogP contribution in [-0.2, 0) is 0 Å². The van der Waals surface area contributed by atoms with Crippen LogP contribution in [0.4, 0.5) is 5.69 Å². The number of hydrazone groups is 2. The third kappa shape index (κ3) is 5.55. The lowest BCUT2D eigenvalue weighted by molar-refractivity contribution is 0.0955. The lowest BCUT2D eigenvalue weighted by atomic mass is 9.98. The summed E-state index contributed by atoms with van der Waals surface area (Å²) in [6.45, 7) is 0.